The smallest absolute Gasteiger partial charge is 0.243 e. The number of rotatable bonds is 6. The Hall–Kier alpha value is -2.09. The Morgan fingerprint density at radius 1 is 0.826 bits per heavy atom. The number of carbonyl (C=O) groups excluding carboxylic acids is 2. The minimum absolute atomic E-state index is 0.0254. The summed E-state index contributed by atoms with van der Waals surface area (Å²) in [6.45, 7) is 1.98. The SMILES string of the molecule is CCC(=O)Nc1ccc(NCC(=O)Nc2ccc(I)cc2)cc1. The Labute approximate surface area is 149 Å². The van der Waals surface area contributed by atoms with Crippen molar-refractivity contribution in [3.05, 3.63) is 52.1 Å². The van der Waals surface area contributed by atoms with Gasteiger partial charge in [0.25, 0.3) is 0 Å². The van der Waals surface area contributed by atoms with Gasteiger partial charge in [0, 0.05) is 27.1 Å². The zero-order valence-electron chi connectivity index (χ0n) is 12.7. The zero-order chi connectivity index (χ0) is 16.7. The van der Waals surface area contributed by atoms with Gasteiger partial charge < -0.3 is 16.0 Å². The Balaban J connectivity index is 1.82. The summed E-state index contributed by atoms with van der Waals surface area (Å²) < 4.78 is 1.12. The molecule has 0 aliphatic heterocycles. The zero-order valence-corrected chi connectivity index (χ0v) is 14.9. The van der Waals surface area contributed by atoms with Gasteiger partial charge in [-0.2, -0.15) is 0 Å². The van der Waals surface area contributed by atoms with Gasteiger partial charge in [-0.1, -0.05) is 6.92 Å². The van der Waals surface area contributed by atoms with Crippen LogP contribution in [0.25, 0.3) is 0 Å². The van der Waals surface area contributed by atoms with Crippen LogP contribution in [0.15, 0.2) is 48.5 Å². The van der Waals surface area contributed by atoms with Gasteiger partial charge in [-0.05, 0) is 71.1 Å². The first kappa shape index (κ1) is 17.3. The number of benzene rings is 2. The van der Waals surface area contributed by atoms with Crippen LogP contribution >= 0.6 is 22.6 Å². The highest BCUT2D eigenvalue weighted by Crippen LogP contribution is 2.14. The molecule has 6 heteroatoms. The van der Waals surface area contributed by atoms with Gasteiger partial charge in [0.15, 0.2) is 0 Å². The standard InChI is InChI=1S/C17H18IN3O2/c1-2-16(22)20-15-9-7-13(8-10-15)19-11-17(23)21-14-5-3-12(18)4-6-14/h3-10,19H,2,11H2,1H3,(H,20,22)(H,21,23). The highest BCUT2D eigenvalue weighted by molar-refractivity contribution is 14.1. The lowest BCUT2D eigenvalue weighted by Crippen LogP contribution is -2.21. The van der Waals surface area contributed by atoms with Gasteiger partial charge in [0.1, 0.15) is 0 Å². The fraction of sp³-hybridized carbons (Fsp3) is 0.176. The topological polar surface area (TPSA) is 70.2 Å². The first-order valence-corrected chi connectivity index (χ1v) is 8.34. The summed E-state index contributed by atoms with van der Waals surface area (Å²) in [6.07, 6.45) is 0.443. The monoisotopic (exact) mass is 423 g/mol. The second kappa shape index (κ2) is 8.52. The minimum Gasteiger partial charge on any atom is -0.376 e. The highest BCUT2D eigenvalue weighted by Gasteiger charge is 2.03. The van der Waals surface area contributed by atoms with Crippen LogP contribution in [0.2, 0.25) is 0 Å². The summed E-state index contributed by atoms with van der Waals surface area (Å²) in [7, 11) is 0. The van der Waals surface area contributed by atoms with Crippen molar-refractivity contribution < 1.29 is 9.59 Å². The maximum Gasteiger partial charge on any atom is 0.243 e. The van der Waals surface area contributed by atoms with Crippen LogP contribution in [0.3, 0.4) is 0 Å². The van der Waals surface area contributed by atoms with E-state index in [0.29, 0.717) is 6.42 Å². The van der Waals surface area contributed by atoms with Crippen molar-refractivity contribution in [3.8, 4) is 0 Å². The third kappa shape index (κ3) is 5.90. The quantitative estimate of drug-likeness (QED) is 0.621. The van der Waals surface area contributed by atoms with Gasteiger partial charge in [0.2, 0.25) is 11.8 Å². The van der Waals surface area contributed by atoms with Crippen LogP contribution in [0.1, 0.15) is 13.3 Å². The molecule has 3 N–H and O–H groups in total. The summed E-state index contributed by atoms with van der Waals surface area (Å²) in [5.74, 6) is -0.142. The fourth-order valence-electron chi connectivity index (χ4n) is 1.84. The van der Waals surface area contributed by atoms with E-state index in [-0.39, 0.29) is 18.4 Å². The van der Waals surface area contributed by atoms with Crippen molar-refractivity contribution in [3.63, 3.8) is 0 Å². The van der Waals surface area contributed by atoms with Crippen LogP contribution in [0, 0.1) is 3.57 Å². The summed E-state index contributed by atoms with van der Waals surface area (Å²) in [6, 6.07) is 14.8. The molecular formula is C17H18IN3O2. The second-order valence-corrected chi connectivity index (χ2v) is 6.13. The van der Waals surface area contributed by atoms with Crippen LogP contribution in [-0.4, -0.2) is 18.4 Å². The molecule has 0 saturated heterocycles. The van der Waals surface area contributed by atoms with E-state index in [0.717, 1.165) is 20.6 Å². The Bertz CT molecular complexity index is 669. The number of carbonyl (C=O) groups is 2. The number of amides is 2. The molecular weight excluding hydrogens is 405 g/mol. The molecule has 5 nitrogen and oxygen atoms in total. The van der Waals surface area contributed by atoms with E-state index in [2.05, 4.69) is 38.5 Å². The Morgan fingerprint density at radius 2 is 1.30 bits per heavy atom. The molecule has 0 bridgehead atoms. The first-order chi connectivity index (χ1) is 11.1. The number of hydrogen-bond donors (Lipinski definition) is 3. The molecule has 0 aromatic heterocycles. The number of nitrogens with one attached hydrogen (secondary N) is 3. The molecule has 2 amide bonds. The van der Waals surface area contributed by atoms with Crippen LogP contribution in [0.5, 0.6) is 0 Å². The molecule has 23 heavy (non-hydrogen) atoms. The summed E-state index contributed by atoms with van der Waals surface area (Å²) in [5, 5.41) is 8.64. The van der Waals surface area contributed by atoms with Crippen molar-refractivity contribution >= 4 is 51.5 Å². The Kier molecular flexibility index (Phi) is 6.40. The lowest BCUT2D eigenvalue weighted by Gasteiger charge is -2.09. The highest BCUT2D eigenvalue weighted by atomic mass is 127. The molecule has 120 valence electrons. The van der Waals surface area contributed by atoms with E-state index in [1.165, 1.54) is 0 Å². The summed E-state index contributed by atoms with van der Waals surface area (Å²) in [5.41, 5.74) is 2.33. The van der Waals surface area contributed by atoms with Gasteiger partial charge >= 0.3 is 0 Å². The van der Waals surface area contributed by atoms with Crippen molar-refractivity contribution in [2.75, 3.05) is 22.5 Å². The third-order valence-corrected chi connectivity index (χ3v) is 3.79. The fourth-order valence-corrected chi connectivity index (χ4v) is 2.20. The molecule has 0 heterocycles. The molecule has 0 saturated carbocycles. The molecule has 2 aromatic rings. The van der Waals surface area contributed by atoms with Crippen LogP contribution in [-0.2, 0) is 9.59 Å². The number of halogens is 1. The van der Waals surface area contributed by atoms with Gasteiger partial charge in [-0.25, -0.2) is 0 Å². The van der Waals surface area contributed by atoms with E-state index in [1.807, 2.05) is 36.4 Å². The minimum atomic E-state index is -0.116. The molecule has 0 unspecified atom stereocenters. The van der Waals surface area contributed by atoms with Gasteiger partial charge in [0.05, 0.1) is 6.54 Å². The molecule has 2 rings (SSSR count). The molecule has 0 aliphatic carbocycles. The predicted octanol–water partition coefficient (Wildman–Crippen LogP) is 3.69. The summed E-state index contributed by atoms with van der Waals surface area (Å²) >= 11 is 2.22. The first-order valence-electron chi connectivity index (χ1n) is 7.26. The van der Waals surface area contributed by atoms with Gasteiger partial charge in [-0.3, -0.25) is 9.59 Å². The van der Waals surface area contributed by atoms with Crippen LogP contribution in [0.4, 0.5) is 17.1 Å². The summed E-state index contributed by atoms with van der Waals surface area (Å²) in [4.78, 5) is 23.2. The molecule has 0 fully saturated rings. The van der Waals surface area contributed by atoms with E-state index in [4.69, 9.17) is 0 Å². The normalized spacial score (nSPS) is 10.0. The van der Waals surface area contributed by atoms with Crippen molar-refractivity contribution in [1.82, 2.24) is 0 Å². The van der Waals surface area contributed by atoms with E-state index in [9.17, 15) is 9.59 Å². The van der Waals surface area contributed by atoms with Crippen LogP contribution < -0.4 is 16.0 Å². The Morgan fingerprint density at radius 3 is 1.87 bits per heavy atom. The van der Waals surface area contributed by atoms with Crippen molar-refractivity contribution in [2.24, 2.45) is 0 Å². The van der Waals surface area contributed by atoms with Gasteiger partial charge in [-0.15, -0.1) is 0 Å². The predicted molar refractivity (Wildman–Crippen MR) is 102 cm³/mol. The maximum absolute atomic E-state index is 11.9. The van der Waals surface area contributed by atoms with E-state index < -0.39 is 0 Å². The third-order valence-electron chi connectivity index (χ3n) is 3.07. The number of anilines is 3. The largest absolute Gasteiger partial charge is 0.376 e. The average molecular weight is 423 g/mol. The molecule has 0 aliphatic rings. The molecule has 0 atom stereocenters. The average Bonchev–Trinajstić information content (AvgIpc) is 2.56. The second-order valence-electron chi connectivity index (χ2n) is 4.89. The van der Waals surface area contributed by atoms with Crippen molar-refractivity contribution in [2.45, 2.75) is 13.3 Å². The lowest BCUT2D eigenvalue weighted by atomic mass is 10.2. The molecule has 0 radical (unpaired) electrons. The molecule has 2 aromatic carbocycles. The maximum atomic E-state index is 11.9. The lowest BCUT2D eigenvalue weighted by molar-refractivity contribution is -0.116. The van der Waals surface area contributed by atoms with Crippen molar-refractivity contribution in [1.29, 1.82) is 0 Å². The molecule has 0 spiro atoms. The van der Waals surface area contributed by atoms with E-state index >= 15 is 0 Å². The number of hydrogen-bond acceptors (Lipinski definition) is 3. The van der Waals surface area contributed by atoms with E-state index in [1.54, 1.807) is 19.1 Å².